The second-order valence-electron chi connectivity index (χ2n) is 5.88. The van der Waals surface area contributed by atoms with Crippen LogP contribution in [0.2, 0.25) is 0 Å². The lowest BCUT2D eigenvalue weighted by Crippen LogP contribution is -2.29. The van der Waals surface area contributed by atoms with Gasteiger partial charge in [0.2, 0.25) is 0 Å². The molecule has 0 unspecified atom stereocenters. The molecule has 0 spiro atoms. The SMILES string of the molecule is O=[N+]([O-])c1ccccc1[C@H]1Nc2ccccc2[C@@H]2C=CC[C@@H]12. The molecule has 4 nitrogen and oxygen atoms in total. The molecule has 1 heterocycles. The fourth-order valence-corrected chi connectivity index (χ4v) is 3.77. The second kappa shape index (κ2) is 4.98. The van der Waals surface area contributed by atoms with Crippen molar-refractivity contribution >= 4 is 11.4 Å². The van der Waals surface area contributed by atoms with Gasteiger partial charge in [0.1, 0.15) is 0 Å². The second-order valence-corrected chi connectivity index (χ2v) is 5.88. The zero-order valence-electron chi connectivity index (χ0n) is 12.0. The van der Waals surface area contributed by atoms with E-state index >= 15 is 0 Å². The molecule has 2 aromatic carbocycles. The Bertz CT molecular complexity index is 769. The van der Waals surface area contributed by atoms with Crippen LogP contribution in [0.4, 0.5) is 11.4 Å². The maximum atomic E-state index is 11.4. The topological polar surface area (TPSA) is 55.2 Å². The lowest BCUT2D eigenvalue weighted by Gasteiger charge is -2.37. The van der Waals surface area contributed by atoms with E-state index in [-0.39, 0.29) is 16.7 Å². The molecule has 0 fully saturated rings. The molecule has 110 valence electrons. The van der Waals surface area contributed by atoms with Gasteiger partial charge in [-0.1, -0.05) is 48.6 Å². The van der Waals surface area contributed by atoms with Gasteiger partial charge >= 0.3 is 0 Å². The number of para-hydroxylation sites is 2. The Morgan fingerprint density at radius 3 is 2.59 bits per heavy atom. The van der Waals surface area contributed by atoms with Gasteiger partial charge in [-0.15, -0.1) is 0 Å². The molecule has 4 heteroatoms. The molecule has 4 rings (SSSR count). The quantitative estimate of drug-likeness (QED) is 0.506. The van der Waals surface area contributed by atoms with E-state index in [1.807, 2.05) is 18.2 Å². The highest BCUT2D eigenvalue weighted by atomic mass is 16.6. The molecule has 3 atom stereocenters. The maximum absolute atomic E-state index is 11.4. The highest BCUT2D eigenvalue weighted by molar-refractivity contribution is 5.61. The molecule has 0 amide bonds. The standard InChI is InChI=1S/C18H16N2O2/c21-20(22)17-11-4-2-7-15(17)18-14-9-5-8-12(14)13-6-1-3-10-16(13)19-18/h1-8,10-12,14,18-19H,9H2/t12-,14+,18-/m0/s1. The molecule has 2 aliphatic rings. The molecule has 22 heavy (non-hydrogen) atoms. The van der Waals surface area contributed by atoms with Crippen LogP contribution in [-0.4, -0.2) is 4.92 Å². The lowest BCUT2D eigenvalue weighted by molar-refractivity contribution is -0.385. The number of nitrogens with one attached hydrogen (secondary N) is 1. The number of fused-ring (bicyclic) bond motifs is 3. The molecule has 2 aromatic rings. The van der Waals surface area contributed by atoms with Crippen LogP contribution in [0.25, 0.3) is 0 Å². The Labute approximate surface area is 128 Å². The summed E-state index contributed by atoms with van der Waals surface area (Å²) in [5.74, 6) is 0.665. The minimum Gasteiger partial charge on any atom is -0.377 e. The summed E-state index contributed by atoms with van der Waals surface area (Å²) >= 11 is 0. The summed E-state index contributed by atoms with van der Waals surface area (Å²) in [6.45, 7) is 0. The Hall–Kier alpha value is -2.62. The number of nitro benzene ring substituents is 1. The van der Waals surface area contributed by atoms with E-state index in [0.717, 1.165) is 17.7 Å². The molecule has 1 N–H and O–H groups in total. The van der Waals surface area contributed by atoms with Crippen molar-refractivity contribution < 1.29 is 4.92 Å². The van der Waals surface area contributed by atoms with Crippen LogP contribution in [0.3, 0.4) is 0 Å². The predicted octanol–water partition coefficient (Wildman–Crippen LogP) is 4.42. The summed E-state index contributed by atoms with van der Waals surface area (Å²) in [6.07, 6.45) is 5.38. The molecule has 1 aliphatic carbocycles. The molecule has 0 saturated heterocycles. The normalized spacial score (nSPS) is 25.2. The Kier molecular flexibility index (Phi) is 2.96. The van der Waals surface area contributed by atoms with Crippen molar-refractivity contribution in [2.75, 3.05) is 5.32 Å². The summed E-state index contributed by atoms with van der Waals surface area (Å²) in [5, 5.41) is 14.9. The van der Waals surface area contributed by atoms with Crippen molar-refractivity contribution in [3.05, 3.63) is 81.9 Å². The van der Waals surface area contributed by atoms with E-state index in [1.54, 1.807) is 12.1 Å². The highest BCUT2D eigenvalue weighted by Crippen LogP contribution is 2.50. The minimum atomic E-state index is -0.283. The van der Waals surface area contributed by atoms with E-state index in [4.69, 9.17) is 0 Å². The molecule has 0 bridgehead atoms. The van der Waals surface area contributed by atoms with Crippen LogP contribution in [-0.2, 0) is 0 Å². The number of hydrogen-bond acceptors (Lipinski definition) is 3. The largest absolute Gasteiger partial charge is 0.377 e. The third-order valence-electron chi connectivity index (χ3n) is 4.74. The van der Waals surface area contributed by atoms with Gasteiger partial charge in [-0.2, -0.15) is 0 Å². The third kappa shape index (κ3) is 1.91. The number of anilines is 1. The summed E-state index contributed by atoms with van der Waals surface area (Å²) in [7, 11) is 0. The van der Waals surface area contributed by atoms with Gasteiger partial charge < -0.3 is 5.32 Å². The van der Waals surface area contributed by atoms with Crippen molar-refractivity contribution in [3.63, 3.8) is 0 Å². The number of rotatable bonds is 2. The monoisotopic (exact) mass is 292 g/mol. The molecular formula is C18H16N2O2. The van der Waals surface area contributed by atoms with Gasteiger partial charge in [-0.05, 0) is 24.0 Å². The van der Waals surface area contributed by atoms with Crippen LogP contribution in [0.5, 0.6) is 0 Å². The van der Waals surface area contributed by atoms with Gasteiger partial charge in [0, 0.05) is 17.7 Å². The fourth-order valence-electron chi connectivity index (χ4n) is 3.77. The summed E-state index contributed by atoms with van der Waals surface area (Å²) in [5.41, 5.74) is 3.35. The Morgan fingerprint density at radius 2 is 1.77 bits per heavy atom. The first-order chi connectivity index (χ1) is 10.8. The van der Waals surface area contributed by atoms with E-state index < -0.39 is 0 Å². The molecule has 0 radical (unpaired) electrons. The summed E-state index contributed by atoms with van der Waals surface area (Å²) in [6, 6.07) is 15.3. The number of nitro groups is 1. The van der Waals surface area contributed by atoms with Crippen molar-refractivity contribution in [3.8, 4) is 0 Å². The van der Waals surface area contributed by atoms with Gasteiger partial charge in [-0.3, -0.25) is 10.1 Å². The third-order valence-corrected chi connectivity index (χ3v) is 4.74. The van der Waals surface area contributed by atoms with E-state index in [9.17, 15) is 10.1 Å². The van der Waals surface area contributed by atoms with Crippen molar-refractivity contribution in [2.24, 2.45) is 5.92 Å². The van der Waals surface area contributed by atoms with E-state index in [2.05, 4.69) is 35.7 Å². The van der Waals surface area contributed by atoms with Crippen LogP contribution < -0.4 is 5.32 Å². The average molecular weight is 292 g/mol. The number of nitrogens with zero attached hydrogens (tertiary/aromatic N) is 1. The lowest BCUT2D eigenvalue weighted by atomic mass is 9.77. The van der Waals surface area contributed by atoms with E-state index in [1.165, 1.54) is 5.56 Å². The van der Waals surface area contributed by atoms with Gasteiger partial charge in [0.15, 0.2) is 0 Å². The first kappa shape index (κ1) is 13.1. The van der Waals surface area contributed by atoms with Crippen molar-refractivity contribution in [1.82, 2.24) is 0 Å². The molecular weight excluding hydrogens is 276 g/mol. The Balaban J connectivity index is 1.83. The zero-order chi connectivity index (χ0) is 15.1. The molecule has 0 saturated carbocycles. The number of allylic oxidation sites excluding steroid dienone is 2. The van der Waals surface area contributed by atoms with Gasteiger partial charge in [0.05, 0.1) is 16.5 Å². The average Bonchev–Trinajstić information content (AvgIpc) is 3.04. The Morgan fingerprint density at radius 1 is 1.05 bits per heavy atom. The first-order valence-electron chi connectivity index (χ1n) is 7.51. The maximum Gasteiger partial charge on any atom is 0.274 e. The highest BCUT2D eigenvalue weighted by Gasteiger charge is 2.39. The number of benzene rings is 2. The van der Waals surface area contributed by atoms with Crippen LogP contribution >= 0.6 is 0 Å². The van der Waals surface area contributed by atoms with Crippen molar-refractivity contribution in [2.45, 2.75) is 18.4 Å². The van der Waals surface area contributed by atoms with E-state index in [0.29, 0.717) is 11.8 Å². The predicted molar refractivity (Wildman–Crippen MR) is 85.9 cm³/mol. The molecule has 0 aromatic heterocycles. The number of hydrogen-bond donors (Lipinski definition) is 1. The van der Waals surface area contributed by atoms with Crippen LogP contribution in [0.1, 0.15) is 29.5 Å². The first-order valence-corrected chi connectivity index (χ1v) is 7.51. The van der Waals surface area contributed by atoms with Gasteiger partial charge in [0.25, 0.3) is 5.69 Å². The van der Waals surface area contributed by atoms with Crippen LogP contribution in [0, 0.1) is 16.0 Å². The zero-order valence-corrected chi connectivity index (χ0v) is 12.0. The fraction of sp³-hybridized carbons (Fsp3) is 0.222. The van der Waals surface area contributed by atoms with Crippen LogP contribution in [0.15, 0.2) is 60.7 Å². The van der Waals surface area contributed by atoms with Gasteiger partial charge in [-0.25, -0.2) is 0 Å². The summed E-state index contributed by atoms with van der Waals surface area (Å²) in [4.78, 5) is 11.1. The van der Waals surface area contributed by atoms with Crippen molar-refractivity contribution in [1.29, 1.82) is 0 Å². The smallest absolute Gasteiger partial charge is 0.274 e. The minimum absolute atomic E-state index is 0.0310. The molecule has 1 aliphatic heterocycles. The summed E-state index contributed by atoms with van der Waals surface area (Å²) < 4.78 is 0.